The van der Waals surface area contributed by atoms with Gasteiger partial charge in [0.1, 0.15) is 0 Å². The van der Waals surface area contributed by atoms with Gasteiger partial charge in [0.25, 0.3) is 5.91 Å². The molecule has 124 valence electrons. The third-order valence-electron chi connectivity index (χ3n) is 3.56. The summed E-state index contributed by atoms with van der Waals surface area (Å²) in [6, 6.07) is 7.10. The first-order valence-corrected chi connectivity index (χ1v) is 8.32. The van der Waals surface area contributed by atoms with E-state index in [9.17, 15) is 14.4 Å². The molecule has 1 N–H and O–H groups in total. The Kier molecular flexibility index (Phi) is 5.76. The van der Waals surface area contributed by atoms with Crippen LogP contribution >= 0.6 is 15.9 Å². The fraction of sp³-hybridized carbons (Fsp3) is 0.438. The van der Waals surface area contributed by atoms with Crippen LogP contribution in [-0.4, -0.2) is 59.7 Å². The molecule has 3 amide bonds. The summed E-state index contributed by atoms with van der Waals surface area (Å²) in [7, 11) is 0. The lowest BCUT2D eigenvalue weighted by Gasteiger charge is -2.34. The van der Waals surface area contributed by atoms with E-state index in [-0.39, 0.29) is 11.9 Å². The first-order valence-electron chi connectivity index (χ1n) is 7.53. The van der Waals surface area contributed by atoms with Crippen molar-refractivity contribution in [2.45, 2.75) is 19.9 Å². The summed E-state index contributed by atoms with van der Waals surface area (Å²) < 4.78 is 0.917. The second-order valence-corrected chi connectivity index (χ2v) is 6.64. The monoisotopic (exact) mass is 381 g/mol. The summed E-state index contributed by atoms with van der Waals surface area (Å²) in [5.41, 5.74) is 0.616. The van der Waals surface area contributed by atoms with Gasteiger partial charge in [-0.15, -0.1) is 0 Å². The molecule has 1 saturated heterocycles. The van der Waals surface area contributed by atoms with Gasteiger partial charge in [0.2, 0.25) is 0 Å². The van der Waals surface area contributed by atoms with E-state index >= 15 is 0 Å². The lowest BCUT2D eigenvalue weighted by molar-refractivity contribution is -0.147. The molecule has 1 aliphatic heterocycles. The minimum atomic E-state index is -0.590. The molecule has 1 fully saturated rings. The van der Waals surface area contributed by atoms with Crippen molar-refractivity contribution >= 4 is 33.7 Å². The van der Waals surface area contributed by atoms with Crippen molar-refractivity contribution in [3.05, 3.63) is 34.3 Å². The van der Waals surface area contributed by atoms with Crippen LogP contribution in [0.25, 0.3) is 0 Å². The van der Waals surface area contributed by atoms with Gasteiger partial charge < -0.3 is 15.1 Å². The zero-order chi connectivity index (χ0) is 17.0. The number of hydrogen-bond acceptors (Lipinski definition) is 3. The molecule has 0 radical (unpaired) electrons. The predicted octanol–water partition coefficient (Wildman–Crippen LogP) is 1.26. The van der Waals surface area contributed by atoms with Crippen LogP contribution in [0.15, 0.2) is 28.7 Å². The van der Waals surface area contributed by atoms with E-state index in [0.29, 0.717) is 31.7 Å². The summed E-state index contributed by atoms with van der Waals surface area (Å²) in [5.74, 6) is -1.18. The second-order valence-electron chi connectivity index (χ2n) is 5.72. The quantitative estimate of drug-likeness (QED) is 0.783. The molecule has 0 aromatic heterocycles. The summed E-state index contributed by atoms with van der Waals surface area (Å²) in [6.45, 7) is 5.20. The Morgan fingerprint density at radius 2 is 1.52 bits per heavy atom. The van der Waals surface area contributed by atoms with Crippen LogP contribution in [0, 0.1) is 0 Å². The summed E-state index contributed by atoms with van der Waals surface area (Å²) in [6.07, 6.45) is 0. The van der Waals surface area contributed by atoms with Gasteiger partial charge >= 0.3 is 11.8 Å². The van der Waals surface area contributed by atoms with Gasteiger partial charge in [-0.05, 0) is 38.1 Å². The summed E-state index contributed by atoms with van der Waals surface area (Å²) in [4.78, 5) is 39.3. The van der Waals surface area contributed by atoms with E-state index in [0.717, 1.165) is 4.47 Å². The number of nitrogens with one attached hydrogen (secondary N) is 1. The highest BCUT2D eigenvalue weighted by Crippen LogP contribution is 2.13. The van der Waals surface area contributed by atoms with Crippen molar-refractivity contribution in [3.63, 3.8) is 0 Å². The molecule has 1 aromatic carbocycles. The Hall–Kier alpha value is -1.89. The van der Waals surface area contributed by atoms with Gasteiger partial charge in [-0.2, -0.15) is 0 Å². The minimum absolute atomic E-state index is 0.0590. The van der Waals surface area contributed by atoms with Crippen molar-refractivity contribution in [1.29, 1.82) is 0 Å². The van der Waals surface area contributed by atoms with E-state index in [2.05, 4.69) is 21.2 Å². The van der Waals surface area contributed by atoms with Crippen molar-refractivity contribution in [1.82, 2.24) is 15.1 Å². The highest BCUT2D eigenvalue weighted by Gasteiger charge is 2.28. The lowest BCUT2D eigenvalue weighted by atomic mass is 10.2. The maximum absolute atomic E-state index is 12.4. The molecule has 0 atom stereocenters. The van der Waals surface area contributed by atoms with Crippen LogP contribution in [0.5, 0.6) is 0 Å². The number of piperazine rings is 1. The Morgan fingerprint density at radius 3 is 2.04 bits per heavy atom. The molecule has 0 bridgehead atoms. The van der Waals surface area contributed by atoms with Crippen molar-refractivity contribution in [2.24, 2.45) is 0 Å². The molecular weight excluding hydrogens is 362 g/mol. The molecule has 0 saturated carbocycles. The number of halogens is 1. The molecule has 0 spiro atoms. The van der Waals surface area contributed by atoms with Crippen LogP contribution in [0.1, 0.15) is 24.2 Å². The summed E-state index contributed by atoms with van der Waals surface area (Å²) in [5, 5.41) is 2.59. The SMILES string of the molecule is CC(C)NC(=O)C(=O)N1CCN(C(=O)c2ccc(Br)cc2)CC1. The molecule has 1 aromatic rings. The van der Waals surface area contributed by atoms with Crippen LogP contribution < -0.4 is 5.32 Å². The second kappa shape index (κ2) is 7.59. The van der Waals surface area contributed by atoms with Gasteiger partial charge in [-0.25, -0.2) is 0 Å². The zero-order valence-corrected chi connectivity index (χ0v) is 14.8. The minimum Gasteiger partial charge on any atom is -0.346 e. The molecular formula is C16H20BrN3O3. The predicted molar refractivity (Wildman–Crippen MR) is 89.9 cm³/mol. The Bertz CT molecular complexity index is 593. The normalized spacial score (nSPS) is 14.8. The van der Waals surface area contributed by atoms with Crippen LogP contribution in [0.3, 0.4) is 0 Å². The average molecular weight is 382 g/mol. The number of carbonyl (C=O) groups is 3. The van der Waals surface area contributed by atoms with Crippen molar-refractivity contribution < 1.29 is 14.4 Å². The average Bonchev–Trinajstić information content (AvgIpc) is 2.53. The Balaban J connectivity index is 1.90. The Morgan fingerprint density at radius 1 is 1.00 bits per heavy atom. The number of carbonyl (C=O) groups excluding carboxylic acids is 3. The van der Waals surface area contributed by atoms with Crippen molar-refractivity contribution in [2.75, 3.05) is 26.2 Å². The molecule has 7 heteroatoms. The van der Waals surface area contributed by atoms with Crippen LogP contribution in [0.2, 0.25) is 0 Å². The molecule has 1 aliphatic rings. The van der Waals surface area contributed by atoms with E-state index < -0.39 is 11.8 Å². The smallest absolute Gasteiger partial charge is 0.312 e. The highest BCUT2D eigenvalue weighted by molar-refractivity contribution is 9.10. The van der Waals surface area contributed by atoms with E-state index in [1.807, 2.05) is 12.1 Å². The van der Waals surface area contributed by atoms with Crippen molar-refractivity contribution in [3.8, 4) is 0 Å². The van der Waals surface area contributed by atoms with Crippen LogP contribution in [0.4, 0.5) is 0 Å². The molecule has 23 heavy (non-hydrogen) atoms. The van der Waals surface area contributed by atoms with Crippen LogP contribution in [-0.2, 0) is 9.59 Å². The largest absolute Gasteiger partial charge is 0.346 e. The number of amides is 3. The summed E-state index contributed by atoms with van der Waals surface area (Å²) >= 11 is 3.34. The van der Waals surface area contributed by atoms with Gasteiger partial charge in [-0.1, -0.05) is 15.9 Å². The fourth-order valence-electron chi connectivity index (χ4n) is 2.36. The first-order chi connectivity index (χ1) is 10.9. The third kappa shape index (κ3) is 4.54. The lowest BCUT2D eigenvalue weighted by Crippen LogP contribution is -2.54. The van der Waals surface area contributed by atoms with Gasteiger partial charge in [0, 0.05) is 42.3 Å². The van der Waals surface area contributed by atoms with E-state index in [1.54, 1.807) is 30.9 Å². The highest BCUT2D eigenvalue weighted by atomic mass is 79.9. The fourth-order valence-corrected chi connectivity index (χ4v) is 2.62. The molecule has 2 rings (SSSR count). The molecule has 1 heterocycles. The Labute approximate surface area is 143 Å². The molecule has 6 nitrogen and oxygen atoms in total. The number of nitrogens with zero attached hydrogens (tertiary/aromatic N) is 2. The first kappa shape index (κ1) is 17.5. The topological polar surface area (TPSA) is 69.7 Å². The zero-order valence-electron chi connectivity index (χ0n) is 13.2. The standard InChI is InChI=1S/C16H20BrN3O3/c1-11(2)18-14(21)16(23)20-9-7-19(8-10-20)15(22)12-3-5-13(17)6-4-12/h3-6,11H,7-10H2,1-2H3,(H,18,21). The number of benzene rings is 1. The van der Waals surface area contributed by atoms with Gasteiger partial charge in [0.15, 0.2) is 0 Å². The van der Waals surface area contributed by atoms with E-state index in [1.165, 1.54) is 4.90 Å². The maximum Gasteiger partial charge on any atom is 0.312 e. The maximum atomic E-state index is 12.4. The van der Waals surface area contributed by atoms with Gasteiger partial charge in [0.05, 0.1) is 0 Å². The van der Waals surface area contributed by atoms with E-state index in [4.69, 9.17) is 0 Å². The molecule has 0 aliphatic carbocycles. The van der Waals surface area contributed by atoms with Gasteiger partial charge in [-0.3, -0.25) is 14.4 Å². The number of hydrogen-bond donors (Lipinski definition) is 1. The number of rotatable bonds is 2. The third-order valence-corrected chi connectivity index (χ3v) is 4.09. The molecule has 0 unspecified atom stereocenters.